The molecule has 0 fully saturated rings. The van der Waals surface area contributed by atoms with E-state index in [0.29, 0.717) is 0 Å². The van der Waals surface area contributed by atoms with Gasteiger partial charge in [-0.25, -0.2) is 0 Å². The van der Waals surface area contributed by atoms with Crippen molar-refractivity contribution in [3.8, 4) is 0 Å². The van der Waals surface area contributed by atoms with Crippen molar-refractivity contribution >= 4 is 24.0 Å². The molecule has 0 heterocycles. The Morgan fingerprint density at radius 1 is 1.09 bits per heavy atom. The third kappa shape index (κ3) is 4.33. The summed E-state index contributed by atoms with van der Waals surface area (Å²) in [4.78, 5) is 12.4. The fourth-order valence-corrected chi connectivity index (χ4v) is 2.32. The van der Waals surface area contributed by atoms with E-state index in [9.17, 15) is 4.79 Å². The Balaban J connectivity index is 0.00000242. The van der Waals surface area contributed by atoms with Gasteiger partial charge >= 0.3 is 0 Å². The van der Waals surface area contributed by atoms with Crippen molar-refractivity contribution in [2.45, 2.75) is 26.3 Å². The number of para-hydroxylation sites is 1. The zero-order valence-electron chi connectivity index (χ0n) is 13.0. The molecule has 4 heteroatoms. The highest BCUT2D eigenvalue weighted by Gasteiger charge is 2.22. The summed E-state index contributed by atoms with van der Waals surface area (Å²) in [5.74, 6) is -0.343. The zero-order chi connectivity index (χ0) is 15.2. The van der Waals surface area contributed by atoms with E-state index in [1.807, 2.05) is 61.5 Å². The van der Waals surface area contributed by atoms with Crippen LogP contribution in [0.1, 0.15) is 31.0 Å². The monoisotopic (exact) mass is 318 g/mol. The first-order valence-corrected chi connectivity index (χ1v) is 7.32. The van der Waals surface area contributed by atoms with Crippen molar-refractivity contribution < 1.29 is 4.79 Å². The Morgan fingerprint density at radius 2 is 1.68 bits per heavy atom. The first-order valence-electron chi connectivity index (χ1n) is 7.32. The normalized spacial score (nSPS) is 12.9. The van der Waals surface area contributed by atoms with Crippen LogP contribution < -0.4 is 11.1 Å². The molecule has 118 valence electrons. The van der Waals surface area contributed by atoms with Crippen molar-refractivity contribution in [3.05, 3.63) is 65.7 Å². The van der Waals surface area contributed by atoms with Crippen LogP contribution in [0.3, 0.4) is 0 Å². The fraction of sp³-hybridized carbons (Fsp3) is 0.278. The van der Waals surface area contributed by atoms with Gasteiger partial charge in [0.05, 0.1) is 5.92 Å². The van der Waals surface area contributed by atoms with Gasteiger partial charge in [0, 0.05) is 11.7 Å². The second-order valence-electron chi connectivity index (χ2n) is 5.23. The molecule has 2 aromatic rings. The summed E-state index contributed by atoms with van der Waals surface area (Å²) in [7, 11) is 0. The highest BCUT2D eigenvalue weighted by molar-refractivity contribution is 5.93. The Labute approximate surface area is 138 Å². The van der Waals surface area contributed by atoms with Crippen molar-refractivity contribution in [2.75, 3.05) is 5.32 Å². The molecule has 22 heavy (non-hydrogen) atoms. The minimum Gasteiger partial charge on any atom is -0.326 e. The van der Waals surface area contributed by atoms with Crippen LogP contribution in [0.25, 0.3) is 0 Å². The molecule has 1 amide bonds. The van der Waals surface area contributed by atoms with Crippen LogP contribution in [0.4, 0.5) is 5.69 Å². The second kappa shape index (κ2) is 8.57. The standard InChI is InChI=1S/C18H22N2O.ClH/c1-3-14-9-7-8-12-16(14)20-18(21)13(2)17(19)15-10-5-4-6-11-15;/h4-13,17H,3,19H2,1-2H3,(H,20,21);1H. The molecule has 0 spiro atoms. The lowest BCUT2D eigenvalue weighted by atomic mass is 9.94. The number of hydrogen-bond acceptors (Lipinski definition) is 2. The van der Waals surface area contributed by atoms with Crippen LogP contribution in [0.5, 0.6) is 0 Å². The lowest BCUT2D eigenvalue weighted by Gasteiger charge is -2.20. The first-order chi connectivity index (χ1) is 10.1. The minimum absolute atomic E-state index is 0. The SMILES string of the molecule is CCc1ccccc1NC(=O)C(C)C(N)c1ccccc1.Cl. The summed E-state index contributed by atoms with van der Waals surface area (Å²) >= 11 is 0. The van der Waals surface area contributed by atoms with Gasteiger partial charge in [0.2, 0.25) is 5.91 Å². The molecule has 3 N–H and O–H groups in total. The highest BCUT2D eigenvalue weighted by atomic mass is 35.5. The van der Waals surface area contributed by atoms with Crippen LogP contribution in [-0.4, -0.2) is 5.91 Å². The Kier molecular flexibility index (Phi) is 7.09. The van der Waals surface area contributed by atoms with E-state index in [1.165, 1.54) is 0 Å². The molecule has 0 bridgehead atoms. The summed E-state index contributed by atoms with van der Waals surface area (Å²) < 4.78 is 0. The molecular weight excluding hydrogens is 296 g/mol. The maximum absolute atomic E-state index is 12.4. The molecule has 2 atom stereocenters. The highest BCUT2D eigenvalue weighted by Crippen LogP contribution is 2.22. The molecular formula is C18H23ClN2O. The molecule has 0 aliphatic rings. The van der Waals surface area contributed by atoms with E-state index < -0.39 is 0 Å². The number of nitrogens with two attached hydrogens (primary N) is 1. The van der Waals surface area contributed by atoms with Gasteiger partial charge < -0.3 is 11.1 Å². The molecule has 0 saturated heterocycles. The van der Waals surface area contributed by atoms with Crippen LogP contribution in [0.2, 0.25) is 0 Å². The Hall–Kier alpha value is -1.84. The largest absolute Gasteiger partial charge is 0.326 e. The van der Waals surface area contributed by atoms with E-state index in [2.05, 4.69) is 12.2 Å². The van der Waals surface area contributed by atoms with E-state index in [-0.39, 0.29) is 30.3 Å². The fourth-order valence-electron chi connectivity index (χ4n) is 2.32. The number of hydrogen-bond donors (Lipinski definition) is 2. The average Bonchev–Trinajstić information content (AvgIpc) is 2.54. The molecule has 2 aromatic carbocycles. The van der Waals surface area contributed by atoms with Crippen molar-refractivity contribution in [2.24, 2.45) is 11.7 Å². The van der Waals surface area contributed by atoms with E-state index in [1.54, 1.807) is 0 Å². The second-order valence-corrected chi connectivity index (χ2v) is 5.23. The van der Waals surface area contributed by atoms with Gasteiger partial charge in [0.15, 0.2) is 0 Å². The average molecular weight is 319 g/mol. The number of nitrogens with one attached hydrogen (secondary N) is 1. The van der Waals surface area contributed by atoms with Crippen molar-refractivity contribution in [1.29, 1.82) is 0 Å². The van der Waals surface area contributed by atoms with Crippen LogP contribution in [0, 0.1) is 5.92 Å². The maximum atomic E-state index is 12.4. The smallest absolute Gasteiger partial charge is 0.229 e. The predicted octanol–water partition coefficient (Wildman–Crippen LogP) is 3.95. The van der Waals surface area contributed by atoms with Gasteiger partial charge in [-0.1, -0.05) is 62.4 Å². The maximum Gasteiger partial charge on any atom is 0.229 e. The lowest BCUT2D eigenvalue weighted by molar-refractivity contribution is -0.120. The number of amides is 1. The summed E-state index contributed by atoms with van der Waals surface area (Å²) in [5.41, 5.74) is 9.18. The summed E-state index contributed by atoms with van der Waals surface area (Å²) in [6.45, 7) is 3.94. The van der Waals surface area contributed by atoms with Crippen molar-refractivity contribution in [1.82, 2.24) is 0 Å². The van der Waals surface area contributed by atoms with E-state index >= 15 is 0 Å². The van der Waals surface area contributed by atoms with Crippen LogP contribution in [-0.2, 0) is 11.2 Å². The molecule has 0 aliphatic heterocycles. The van der Waals surface area contributed by atoms with Gasteiger partial charge in [-0.3, -0.25) is 4.79 Å². The number of carbonyl (C=O) groups is 1. The topological polar surface area (TPSA) is 55.1 Å². The van der Waals surface area contributed by atoms with Crippen LogP contribution >= 0.6 is 12.4 Å². The zero-order valence-corrected chi connectivity index (χ0v) is 13.8. The molecule has 2 unspecified atom stereocenters. The van der Waals surface area contributed by atoms with Gasteiger partial charge in [0.1, 0.15) is 0 Å². The van der Waals surface area contributed by atoms with Crippen LogP contribution in [0.15, 0.2) is 54.6 Å². The Bertz CT molecular complexity index is 601. The number of anilines is 1. The molecule has 0 aliphatic carbocycles. The number of rotatable bonds is 5. The number of halogens is 1. The molecule has 2 rings (SSSR count). The number of carbonyl (C=O) groups excluding carboxylic acids is 1. The third-order valence-electron chi connectivity index (χ3n) is 3.79. The van der Waals surface area contributed by atoms with E-state index in [4.69, 9.17) is 5.73 Å². The number of aryl methyl sites for hydroxylation is 1. The van der Waals surface area contributed by atoms with E-state index in [0.717, 1.165) is 23.2 Å². The Morgan fingerprint density at radius 3 is 2.32 bits per heavy atom. The van der Waals surface area contributed by atoms with Gasteiger partial charge in [0.25, 0.3) is 0 Å². The summed E-state index contributed by atoms with van der Waals surface area (Å²) in [6, 6.07) is 17.3. The molecule has 3 nitrogen and oxygen atoms in total. The number of benzene rings is 2. The quantitative estimate of drug-likeness (QED) is 0.877. The van der Waals surface area contributed by atoms with Gasteiger partial charge in [-0.2, -0.15) is 0 Å². The minimum atomic E-state index is -0.306. The third-order valence-corrected chi connectivity index (χ3v) is 3.79. The molecule has 0 radical (unpaired) electrons. The predicted molar refractivity (Wildman–Crippen MR) is 94.2 cm³/mol. The summed E-state index contributed by atoms with van der Waals surface area (Å²) in [6.07, 6.45) is 0.884. The van der Waals surface area contributed by atoms with Crippen molar-refractivity contribution in [3.63, 3.8) is 0 Å². The lowest BCUT2D eigenvalue weighted by Crippen LogP contribution is -2.30. The van der Waals surface area contributed by atoms with Gasteiger partial charge in [-0.05, 0) is 23.6 Å². The first kappa shape index (κ1) is 18.2. The summed E-state index contributed by atoms with van der Waals surface area (Å²) in [5, 5.41) is 2.99. The molecule has 0 aromatic heterocycles. The molecule has 0 saturated carbocycles. The van der Waals surface area contributed by atoms with Gasteiger partial charge in [-0.15, -0.1) is 12.4 Å².